The SMILES string of the molecule is Cc1cc(Oc2nccc(C#N)n2)ccc1F. The van der Waals surface area contributed by atoms with E-state index in [1.54, 1.807) is 6.92 Å². The Morgan fingerprint density at radius 2 is 2.18 bits per heavy atom. The Morgan fingerprint density at radius 1 is 1.35 bits per heavy atom. The average Bonchev–Trinajstić information content (AvgIpc) is 2.34. The van der Waals surface area contributed by atoms with Crippen molar-refractivity contribution in [3.8, 4) is 17.8 Å². The fourth-order valence-corrected chi connectivity index (χ4v) is 1.24. The third kappa shape index (κ3) is 2.55. The van der Waals surface area contributed by atoms with E-state index in [0.29, 0.717) is 11.3 Å². The first-order chi connectivity index (χ1) is 8.19. The van der Waals surface area contributed by atoms with E-state index in [4.69, 9.17) is 10.00 Å². The van der Waals surface area contributed by atoms with Crippen LogP contribution in [0.5, 0.6) is 11.8 Å². The van der Waals surface area contributed by atoms with Crippen molar-refractivity contribution in [3.05, 3.63) is 47.5 Å². The summed E-state index contributed by atoms with van der Waals surface area (Å²) in [5, 5.41) is 8.66. The van der Waals surface area contributed by atoms with E-state index in [9.17, 15) is 4.39 Å². The highest BCUT2D eigenvalue weighted by Gasteiger charge is 2.04. The van der Waals surface area contributed by atoms with Crippen LogP contribution in [0.3, 0.4) is 0 Å². The van der Waals surface area contributed by atoms with Crippen LogP contribution in [0.15, 0.2) is 30.5 Å². The molecule has 0 bridgehead atoms. The van der Waals surface area contributed by atoms with Gasteiger partial charge in [0.25, 0.3) is 0 Å². The van der Waals surface area contributed by atoms with Crippen molar-refractivity contribution in [2.24, 2.45) is 0 Å². The average molecular weight is 229 g/mol. The molecule has 0 radical (unpaired) electrons. The van der Waals surface area contributed by atoms with Gasteiger partial charge in [-0.05, 0) is 36.8 Å². The Morgan fingerprint density at radius 3 is 2.88 bits per heavy atom. The summed E-state index contributed by atoms with van der Waals surface area (Å²) in [5.74, 6) is 0.128. The molecule has 0 aliphatic heterocycles. The normalized spacial score (nSPS) is 9.71. The van der Waals surface area contributed by atoms with E-state index in [2.05, 4.69) is 9.97 Å². The molecule has 0 saturated heterocycles. The first-order valence-electron chi connectivity index (χ1n) is 4.86. The van der Waals surface area contributed by atoms with Crippen molar-refractivity contribution < 1.29 is 9.13 Å². The largest absolute Gasteiger partial charge is 0.424 e. The Bertz CT molecular complexity index is 593. The lowest BCUT2D eigenvalue weighted by atomic mass is 10.2. The Hall–Kier alpha value is -2.48. The van der Waals surface area contributed by atoms with E-state index in [1.165, 1.54) is 30.5 Å². The van der Waals surface area contributed by atoms with E-state index in [0.717, 1.165) is 0 Å². The molecule has 0 aliphatic carbocycles. The van der Waals surface area contributed by atoms with Crippen molar-refractivity contribution in [3.63, 3.8) is 0 Å². The molecule has 1 aromatic carbocycles. The molecule has 0 unspecified atom stereocenters. The predicted molar refractivity (Wildman–Crippen MR) is 58.0 cm³/mol. The maximum atomic E-state index is 13.0. The molecule has 2 aromatic rings. The van der Waals surface area contributed by atoms with Crippen LogP contribution in [0.2, 0.25) is 0 Å². The Balaban J connectivity index is 2.25. The van der Waals surface area contributed by atoms with Crippen LogP contribution in [0.25, 0.3) is 0 Å². The molecule has 0 N–H and O–H groups in total. The van der Waals surface area contributed by atoms with Crippen LogP contribution >= 0.6 is 0 Å². The molecule has 0 saturated carbocycles. The first kappa shape index (κ1) is 11.0. The predicted octanol–water partition coefficient (Wildman–Crippen LogP) is 2.59. The number of benzene rings is 1. The summed E-state index contributed by atoms with van der Waals surface area (Å²) < 4.78 is 18.3. The summed E-state index contributed by atoms with van der Waals surface area (Å²) in [7, 11) is 0. The van der Waals surface area contributed by atoms with Gasteiger partial charge in [0.05, 0.1) is 0 Å². The number of rotatable bonds is 2. The maximum absolute atomic E-state index is 13.0. The number of aryl methyl sites for hydroxylation is 1. The van der Waals surface area contributed by atoms with Crippen molar-refractivity contribution in [2.45, 2.75) is 6.92 Å². The zero-order valence-corrected chi connectivity index (χ0v) is 9.01. The highest BCUT2D eigenvalue weighted by Crippen LogP contribution is 2.20. The lowest BCUT2D eigenvalue weighted by Gasteiger charge is -2.04. The monoisotopic (exact) mass is 229 g/mol. The Labute approximate surface area is 97.3 Å². The number of nitrogens with zero attached hydrogens (tertiary/aromatic N) is 3. The second-order valence-electron chi connectivity index (χ2n) is 3.35. The van der Waals surface area contributed by atoms with Crippen LogP contribution in [0.1, 0.15) is 11.3 Å². The lowest BCUT2D eigenvalue weighted by Crippen LogP contribution is -1.94. The van der Waals surface area contributed by atoms with Crippen LogP contribution < -0.4 is 4.74 Å². The summed E-state index contributed by atoms with van der Waals surface area (Å²) in [6.07, 6.45) is 1.43. The van der Waals surface area contributed by atoms with Gasteiger partial charge >= 0.3 is 6.01 Å². The quantitative estimate of drug-likeness (QED) is 0.794. The maximum Gasteiger partial charge on any atom is 0.323 e. The first-order valence-corrected chi connectivity index (χ1v) is 4.86. The minimum atomic E-state index is -0.302. The number of halogens is 1. The molecule has 0 atom stereocenters. The zero-order chi connectivity index (χ0) is 12.3. The summed E-state index contributed by atoms with van der Waals surface area (Å²) in [6.45, 7) is 1.63. The van der Waals surface area contributed by atoms with Gasteiger partial charge in [0.1, 0.15) is 23.3 Å². The van der Waals surface area contributed by atoms with Gasteiger partial charge in [0.2, 0.25) is 0 Å². The summed E-state index contributed by atoms with van der Waals surface area (Å²) in [6, 6.07) is 7.74. The Kier molecular flexibility index (Phi) is 2.97. The fourth-order valence-electron chi connectivity index (χ4n) is 1.24. The van der Waals surface area contributed by atoms with E-state index in [1.807, 2.05) is 6.07 Å². The van der Waals surface area contributed by atoms with Crippen LogP contribution in [0, 0.1) is 24.1 Å². The minimum absolute atomic E-state index is 0.0649. The van der Waals surface area contributed by atoms with E-state index >= 15 is 0 Å². The molecule has 0 spiro atoms. The molecule has 1 heterocycles. The molecule has 2 rings (SSSR count). The van der Waals surface area contributed by atoms with Crippen molar-refractivity contribution in [1.29, 1.82) is 5.26 Å². The second-order valence-corrected chi connectivity index (χ2v) is 3.35. The number of hydrogen-bond donors (Lipinski definition) is 0. The third-order valence-electron chi connectivity index (χ3n) is 2.09. The van der Waals surface area contributed by atoms with Crippen LogP contribution in [-0.2, 0) is 0 Å². The van der Waals surface area contributed by atoms with Gasteiger partial charge in [-0.25, -0.2) is 9.37 Å². The summed E-state index contributed by atoms with van der Waals surface area (Å²) in [5.41, 5.74) is 0.688. The van der Waals surface area contributed by atoms with Gasteiger partial charge in [-0.15, -0.1) is 0 Å². The van der Waals surface area contributed by atoms with Crippen molar-refractivity contribution >= 4 is 0 Å². The second kappa shape index (κ2) is 4.58. The molecule has 5 heteroatoms. The van der Waals surface area contributed by atoms with Crippen molar-refractivity contribution in [1.82, 2.24) is 9.97 Å². The molecular formula is C12H8FN3O. The topological polar surface area (TPSA) is 58.8 Å². The molecular weight excluding hydrogens is 221 g/mol. The van der Waals surface area contributed by atoms with Gasteiger partial charge in [0.15, 0.2) is 0 Å². The lowest BCUT2D eigenvalue weighted by molar-refractivity contribution is 0.439. The fraction of sp³-hybridized carbons (Fsp3) is 0.0833. The number of ether oxygens (including phenoxy) is 1. The number of nitriles is 1. The molecule has 17 heavy (non-hydrogen) atoms. The standard InChI is InChI=1S/C12H8FN3O/c1-8-6-10(2-3-11(8)13)17-12-15-5-4-9(7-14)16-12/h2-6H,1H3. The van der Waals surface area contributed by atoms with Gasteiger partial charge in [0, 0.05) is 6.20 Å². The smallest absolute Gasteiger partial charge is 0.323 e. The minimum Gasteiger partial charge on any atom is -0.424 e. The van der Waals surface area contributed by atoms with E-state index < -0.39 is 0 Å². The summed E-state index contributed by atoms with van der Waals surface area (Å²) >= 11 is 0. The summed E-state index contributed by atoms with van der Waals surface area (Å²) in [4.78, 5) is 7.71. The highest BCUT2D eigenvalue weighted by atomic mass is 19.1. The van der Waals surface area contributed by atoms with Gasteiger partial charge in [-0.3, -0.25) is 0 Å². The van der Waals surface area contributed by atoms with Crippen molar-refractivity contribution in [2.75, 3.05) is 0 Å². The molecule has 0 amide bonds. The molecule has 0 fully saturated rings. The van der Waals surface area contributed by atoms with Gasteiger partial charge < -0.3 is 4.74 Å². The van der Waals surface area contributed by atoms with E-state index in [-0.39, 0.29) is 17.5 Å². The molecule has 0 aliphatic rings. The van der Waals surface area contributed by atoms with Crippen LogP contribution in [-0.4, -0.2) is 9.97 Å². The number of aromatic nitrogens is 2. The van der Waals surface area contributed by atoms with Gasteiger partial charge in [-0.2, -0.15) is 10.2 Å². The number of hydrogen-bond acceptors (Lipinski definition) is 4. The molecule has 1 aromatic heterocycles. The molecule has 84 valence electrons. The molecule has 4 nitrogen and oxygen atoms in total. The van der Waals surface area contributed by atoms with Gasteiger partial charge in [-0.1, -0.05) is 0 Å². The highest BCUT2D eigenvalue weighted by molar-refractivity contribution is 5.31. The third-order valence-corrected chi connectivity index (χ3v) is 2.09. The zero-order valence-electron chi connectivity index (χ0n) is 9.01. The van der Waals surface area contributed by atoms with Crippen LogP contribution in [0.4, 0.5) is 4.39 Å².